The molecule has 0 fully saturated rings. The molecular weight excluding hydrogens is 358 g/mol. The van der Waals surface area contributed by atoms with E-state index in [1.165, 1.54) is 11.1 Å². The summed E-state index contributed by atoms with van der Waals surface area (Å²) in [6, 6.07) is 20.0. The summed E-state index contributed by atoms with van der Waals surface area (Å²) in [6.45, 7) is 5.42. The largest absolute Gasteiger partial charge is 0.493 e. The molecule has 0 unspecified atom stereocenters. The fourth-order valence-electron chi connectivity index (χ4n) is 2.74. The van der Waals surface area contributed by atoms with Crippen molar-refractivity contribution in [3.8, 4) is 11.5 Å². The second kappa shape index (κ2) is 8.83. The van der Waals surface area contributed by atoms with Gasteiger partial charge in [-0.15, -0.1) is 0 Å². The first-order chi connectivity index (χ1) is 13.0. The minimum absolute atomic E-state index is 0.466. The van der Waals surface area contributed by atoms with Gasteiger partial charge >= 0.3 is 0 Å². The predicted octanol–water partition coefficient (Wildman–Crippen LogP) is 6.16. The summed E-state index contributed by atoms with van der Waals surface area (Å²) in [5.74, 6) is 1.45. The number of halogens is 1. The van der Waals surface area contributed by atoms with Crippen LogP contribution in [-0.4, -0.2) is 7.11 Å². The molecule has 0 radical (unpaired) electrons. The molecular formula is C23H24ClNO2. The Morgan fingerprint density at radius 1 is 0.815 bits per heavy atom. The van der Waals surface area contributed by atoms with Crippen LogP contribution in [0, 0.1) is 13.8 Å². The number of rotatable bonds is 7. The number of hydrogen-bond donors (Lipinski definition) is 1. The maximum atomic E-state index is 5.92. The van der Waals surface area contributed by atoms with Crippen LogP contribution in [0.25, 0.3) is 0 Å². The molecule has 140 valence electrons. The van der Waals surface area contributed by atoms with Crippen LogP contribution in [0.15, 0.2) is 60.7 Å². The third-order valence-corrected chi connectivity index (χ3v) is 4.79. The van der Waals surface area contributed by atoms with Crippen molar-refractivity contribution in [2.45, 2.75) is 27.0 Å². The number of anilines is 1. The third kappa shape index (κ3) is 5.18. The Kier molecular flexibility index (Phi) is 6.25. The lowest BCUT2D eigenvalue weighted by Gasteiger charge is -2.13. The van der Waals surface area contributed by atoms with E-state index in [4.69, 9.17) is 21.1 Å². The van der Waals surface area contributed by atoms with Crippen LogP contribution in [-0.2, 0) is 13.2 Å². The average molecular weight is 382 g/mol. The summed E-state index contributed by atoms with van der Waals surface area (Å²) < 4.78 is 11.4. The summed E-state index contributed by atoms with van der Waals surface area (Å²) in [7, 11) is 1.66. The van der Waals surface area contributed by atoms with E-state index in [1.54, 1.807) is 7.11 Å². The molecule has 0 aliphatic heterocycles. The van der Waals surface area contributed by atoms with Gasteiger partial charge in [-0.05, 0) is 72.5 Å². The molecule has 3 rings (SSSR count). The standard InChI is InChI=1S/C23H24ClNO2/c1-16-4-10-21(12-17(16)2)25-14-19-7-11-22(23(13-19)26-3)27-15-18-5-8-20(24)9-6-18/h4-13,25H,14-15H2,1-3H3. The van der Waals surface area contributed by atoms with Crippen molar-refractivity contribution < 1.29 is 9.47 Å². The Hall–Kier alpha value is -2.65. The van der Waals surface area contributed by atoms with Crippen molar-refractivity contribution in [2.24, 2.45) is 0 Å². The second-order valence-corrected chi connectivity index (χ2v) is 6.99. The molecule has 0 aliphatic carbocycles. The lowest BCUT2D eigenvalue weighted by Crippen LogP contribution is -2.02. The first kappa shape index (κ1) is 19.1. The Labute approximate surface area is 165 Å². The quantitative estimate of drug-likeness (QED) is 0.531. The maximum absolute atomic E-state index is 5.92. The van der Waals surface area contributed by atoms with Gasteiger partial charge in [0.1, 0.15) is 6.61 Å². The van der Waals surface area contributed by atoms with Crippen molar-refractivity contribution in [3.05, 3.63) is 87.9 Å². The average Bonchev–Trinajstić information content (AvgIpc) is 2.68. The van der Waals surface area contributed by atoms with Gasteiger partial charge in [0.25, 0.3) is 0 Å². The zero-order valence-electron chi connectivity index (χ0n) is 15.9. The first-order valence-corrected chi connectivity index (χ1v) is 9.28. The second-order valence-electron chi connectivity index (χ2n) is 6.55. The summed E-state index contributed by atoms with van der Waals surface area (Å²) in [4.78, 5) is 0. The number of hydrogen-bond acceptors (Lipinski definition) is 3. The molecule has 0 amide bonds. The van der Waals surface area contributed by atoms with Gasteiger partial charge in [-0.3, -0.25) is 0 Å². The highest BCUT2D eigenvalue weighted by molar-refractivity contribution is 6.30. The van der Waals surface area contributed by atoms with Gasteiger partial charge in [-0.25, -0.2) is 0 Å². The number of ether oxygens (including phenoxy) is 2. The van der Waals surface area contributed by atoms with Crippen molar-refractivity contribution in [1.82, 2.24) is 0 Å². The van der Waals surface area contributed by atoms with Gasteiger partial charge in [0.2, 0.25) is 0 Å². The molecule has 0 saturated carbocycles. The third-order valence-electron chi connectivity index (χ3n) is 4.54. The maximum Gasteiger partial charge on any atom is 0.161 e. The normalized spacial score (nSPS) is 10.5. The molecule has 0 bridgehead atoms. The van der Waals surface area contributed by atoms with Crippen LogP contribution in [0.1, 0.15) is 22.3 Å². The number of aryl methyl sites for hydroxylation is 2. The van der Waals surface area contributed by atoms with E-state index >= 15 is 0 Å². The number of benzene rings is 3. The number of methoxy groups -OCH3 is 1. The predicted molar refractivity (Wildman–Crippen MR) is 112 cm³/mol. The van der Waals surface area contributed by atoms with Crippen LogP contribution in [0.3, 0.4) is 0 Å². The molecule has 0 heterocycles. The summed E-state index contributed by atoms with van der Waals surface area (Å²) in [5, 5.41) is 4.17. The first-order valence-electron chi connectivity index (χ1n) is 8.90. The van der Waals surface area contributed by atoms with Crippen molar-refractivity contribution in [3.63, 3.8) is 0 Å². The molecule has 0 saturated heterocycles. The van der Waals surface area contributed by atoms with Crippen molar-refractivity contribution in [1.29, 1.82) is 0 Å². The SMILES string of the molecule is COc1cc(CNc2ccc(C)c(C)c2)ccc1OCc1ccc(Cl)cc1. The summed E-state index contributed by atoms with van der Waals surface area (Å²) in [6.07, 6.45) is 0. The molecule has 4 heteroatoms. The van der Waals surface area contributed by atoms with Gasteiger partial charge in [-0.2, -0.15) is 0 Å². The van der Waals surface area contributed by atoms with Gasteiger partial charge in [0.15, 0.2) is 11.5 Å². The van der Waals surface area contributed by atoms with E-state index in [0.29, 0.717) is 6.61 Å². The summed E-state index contributed by atoms with van der Waals surface area (Å²) >= 11 is 5.92. The highest BCUT2D eigenvalue weighted by Gasteiger charge is 2.07. The van der Waals surface area contributed by atoms with Crippen LogP contribution < -0.4 is 14.8 Å². The molecule has 0 aromatic heterocycles. The molecule has 0 atom stereocenters. The number of nitrogens with one attached hydrogen (secondary N) is 1. The molecule has 0 aliphatic rings. The topological polar surface area (TPSA) is 30.5 Å². The van der Waals surface area contributed by atoms with Crippen LogP contribution in [0.2, 0.25) is 5.02 Å². The molecule has 3 aromatic rings. The smallest absolute Gasteiger partial charge is 0.161 e. The zero-order chi connectivity index (χ0) is 19.2. The van der Waals surface area contributed by atoms with Crippen LogP contribution >= 0.6 is 11.6 Å². The van der Waals surface area contributed by atoms with E-state index < -0.39 is 0 Å². The van der Waals surface area contributed by atoms with E-state index in [-0.39, 0.29) is 0 Å². The Balaban J connectivity index is 1.64. The van der Waals surface area contributed by atoms with E-state index in [1.807, 2.05) is 42.5 Å². The van der Waals surface area contributed by atoms with E-state index in [9.17, 15) is 0 Å². The van der Waals surface area contributed by atoms with Crippen molar-refractivity contribution >= 4 is 17.3 Å². The van der Waals surface area contributed by atoms with Crippen LogP contribution in [0.4, 0.5) is 5.69 Å². The highest BCUT2D eigenvalue weighted by Crippen LogP contribution is 2.29. The van der Waals surface area contributed by atoms with Gasteiger partial charge < -0.3 is 14.8 Å². The van der Waals surface area contributed by atoms with Gasteiger partial charge in [0.05, 0.1) is 7.11 Å². The molecule has 3 nitrogen and oxygen atoms in total. The molecule has 27 heavy (non-hydrogen) atoms. The van der Waals surface area contributed by atoms with E-state index in [0.717, 1.165) is 39.9 Å². The minimum atomic E-state index is 0.466. The summed E-state index contributed by atoms with van der Waals surface area (Å²) in [5.41, 5.74) is 5.87. The monoisotopic (exact) mass is 381 g/mol. The minimum Gasteiger partial charge on any atom is -0.493 e. The molecule has 3 aromatic carbocycles. The van der Waals surface area contributed by atoms with Crippen LogP contribution in [0.5, 0.6) is 11.5 Å². The van der Waals surface area contributed by atoms with Gasteiger partial charge in [0, 0.05) is 17.3 Å². The molecule has 0 spiro atoms. The Bertz CT molecular complexity index is 907. The van der Waals surface area contributed by atoms with Crippen molar-refractivity contribution in [2.75, 3.05) is 12.4 Å². The lowest BCUT2D eigenvalue weighted by atomic mass is 10.1. The zero-order valence-corrected chi connectivity index (χ0v) is 16.6. The Morgan fingerprint density at radius 2 is 1.56 bits per heavy atom. The van der Waals surface area contributed by atoms with E-state index in [2.05, 4.69) is 37.4 Å². The lowest BCUT2D eigenvalue weighted by molar-refractivity contribution is 0.284. The molecule has 1 N–H and O–H groups in total. The van der Waals surface area contributed by atoms with Gasteiger partial charge in [-0.1, -0.05) is 35.9 Å². The fourth-order valence-corrected chi connectivity index (χ4v) is 2.86. The fraction of sp³-hybridized carbons (Fsp3) is 0.217. The Morgan fingerprint density at radius 3 is 2.26 bits per heavy atom. The highest BCUT2D eigenvalue weighted by atomic mass is 35.5.